The van der Waals surface area contributed by atoms with Crippen molar-refractivity contribution in [2.75, 3.05) is 36.4 Å². The molecule has 1 N–H and O–H groups in total. The fourth-order valence-electron chi connectivity index (χ4n) is 4.96. The smallest absolute Gasteiger partial charge is 0.348 e. The monoisotopic (exact) mass is 523 g/mol. The van der Waals surface area contributed by atoms with E-state index in [1.807, 2.05) is 41.3 Å². The van der Waals surface area contributed by atoms with Crippen LogP contribution in [0.15, 0.2) is 91.3 Å². The van der Waals surface area contributed by atoms with Crippen LogP contribution in [0.25, 0.3) is 10.2 Å². The topological polar surface area (TPSA) is 100 Å². The van der Waals surface area contributed by atoms with E-state index in [-0.39, 0.29) is 17.5 Å². The van der Waals surface area contributed by atoms with Gasteiger partial charge in [-0.2, -0.15) is 0 Å². The molecular formula is C28H25N7O2S. The van der Waals surface area contributed by atoms with Crippen molar-refractivity contribution in [3.63, 3.8) is 0 Å². The second kappa shape index (κ2) is 10.5. The predicted octanol–water partition coefficient (Wildman–Crippen LogP) is 5.65. The first kappa shape index (κ1) is 24.0. The molecule has 0 saturated carbocycles. The van der Waals surface area contributed by atoms with Crippen LogP contribution in [0, 0.1) is 10.1 Å². The highest BCUT2D eigenvalue weighted by molar-refractivity contribution is 7.22. The number of piperazine rings is 1. The summed E-state index contributed by atoms with van der Waals surface area (Å²) in [4.78, 5) is 29.3. The molecule has 0 spiro atoms. The molecule has 2 aromatic heterocycles. The van der Waals surface area contributed by atoms with Crippen molar-refractivity contribution < 1.29 is 4.92 Å². The number of thiazole rings is 1. The van der Waals surface area contributed by atoms with E-state index in [1.54, 1.807) is 0 Å². The molecule has 6 rings (SSSR count). The molecule has 1 aliphatic rings. The standard InChI is InChI=1S/C28H25N7O2S/c36-35(37)25-26(32-28-31-22-13-7-8-14-23(22)38-28)29-19-30-27(25)34-17-15-33(16-18-34)24(20-9-3-1-4-10-20)21-11-5-2-6-12-21/h1-14,19,24H,15-18H2,(H,29,30,31,32). The molecule has 0 aliphatic carbocycles. The zero-order chi connectivity index (χ0) is 25.9. The lowest BCUT2D eigenvalue weighted by molar-refractivity contribution is -0.383. The van der Waals surface area contributed by atoms with Gasteiger partial charge in [0.15, 0.2) is 5.13 Å². The Labute approximate surface area is 223 Å². The molecular weight excluding hydrogens is 498 g/mol. The Morgan fingerprint density at radius 3 is 2.11 bits per heavy atom. The first-order valence-corrected chi connectivity index (χ1v) is 13.2. The van der Waals surface area contributed by atoms with Crippen LogP contribution in [0.2, 0.25) is 0 Å². The largest absolute Gasteiger partial charge is 0.353 e. The SMILES string of the molecule is O=[N+]([O-])c1c(Nc2nc3ccccc3s2)ncnc1N1CCN(C(c2ccccc2)c2ccccc2)CC1. The van der Waals surface area contributed by atoms with E-state index in [9.17, 15) is 10.1 Å². The zero-order valence-corrected chi connectivity index (χ0v) is 21.3. The summed E-state index contributed by atoms with van der Waals surface area (Å²) in [6.07, 6.45) is 1.38. The Bertz CT molecular complexity index is 1480. The average Bonchev–Trinajstić information content (AvgIpc) is 3.37. The summed E-state index contributed by atoms with van der Waals surface area (Å²) in [6, 6.07) is 28.7. The number of nitro groups is 1. The van der Waals surface area contributed by atoms with Crippen molar-refractivity contribution in [3.8, 4) is 0 Å². The molecule has 0 amide bonds. The van der Waals surface area contributed by atoms with Crippen LogP contribution in [0.5, 0.6) is 0 Å². The fraction of sp³-hybridized carbons (Fsp3) is 0.179. The van der Waals surface area contributed by atoms with Crippen molar-refractivity contribution in [2.45, 2.75) is 6.04 Å². The van der Waals surface area contributed by atoms with Gasteiger partial charge in [-0.05, 0) is 23.3 Å². The maximum absolute atomic E-state index is 12.2. The van der Waals surface area contributed by atoms with Crippen LogP contribution >= 0.6 is 11.3 Å². The first-order chi connectivity index (χ1) is 18.7. The molecule has 10 heteroatoms. The molecule has 1 saturated heterocycles. The summed E-state index contributed by atoms with van der Waals surface area (Å²) < 4.78 is 0.995. The van der Waals surface area contributed by atoms with E-state index in [0.717, 1.165) is 23.3 Å². The van der Waals surface area contributed by atoms with Crippen molar-refractivity contribution in [1.29, 1.82) is 0 Å². The van der Waals surface area contributed by atoms with Gasteiger partial charge in [-0.1, -0.05) is 84.1 Å². The molecule has 3 aromatic carbocycles. The Hall–Kier alpha value is -4.41. The van der Waals surface area contributed by atoms with Crippen LogP contribution in [-0.4, -0.2) is 51.0 Å². The third-order valence-corrected chi connectivity index (χ3v) is 7.67. The second-order valence-electron chi connectivity index (χ2n) is 9.01. The van der Waals surface area contributed by atoms with Gasteiger partial charge in [0.05, 0.1) is 21.2 Å². The minimum atomic E-state index is -0.409. The lowest BCUT2D eigenvalue weighted by Gasteiger charge is -2.40. The van der Waals surface area contributed by atoms with Gasteiger partial charge in [-0.25, -0.2) is 15.0 Å². The van der Waals surface area contributed by atoms with Crippen molar-refractivity contribution in [3.05, 3.63) is 112 Å². The first-order valence-electron chi connectivity index (χ1n) is 12.4. The number of anilines is 3. The zero-order valence-electron chi connectivity index (χ0n) is 20.5. The lowest BCUT2D eigenvalue weighted by Crippen LogP contribution is -2.48. The summed E-state index contributed by atoms with van der Waals surface area (Å²) in [5, 5.41) is 15.8. The minimum Gasteiger partial charge on any atom is -0.348 e. The highest BCUT2D eigenvalue weighted by Crippen LogP contribution is 2.37. The summed E-state index contributed by atoms with van der Waals surface area (Å²) in [5.41, 5.74) is 3.15. The number of nitrogens with one attached hydrogen (secondary N) is 1. The summed E-state index contributed by atoms with van der Waals surface area (Å²) in [6.45, 7) is 2.68. The highest BCUT2D eigenvalue weighted by atomic mass is 32.1. The highest BCUT2D eigenvalue weighted by Gasteiger charge is 2.32. The number of benzene rings is 3. The maximum Gasteiger partial charge on any atom is 0.353 e. The van der Waals surface area contributed by atoms with E-state index < -0.39 is 4.92 Å². The predicted molar refractivity (Wildman–Crippen MR) is 150 cm³/mol. The van der Waals surface area contributed by atoms with Crippen LogP contribution < -0.4 is 10.2 Å². The Balaban J connectivity index is 1.25. The lowest BCUT2D eigenvalue weighted by atomic mass is 9.96. The van der Waals surface area contributed by atoms with Gasteiger partial charge in [-0.3, -0.25) is 15.0 Å². The number of hydrogen-bond acceptors (Lipinski definition) is 9. The van der Waals surface area contributed by atoms with Gasteiger partial charge < -0.3 is 10.2 Å². The Morgan fingerprint density at radius 1 is 0.842 bits per heavy atom. The van der Waals surface area contributed by atoms with Gasteiger partial charge in [0.2, 0.25) is 11.6 Å². The number of nitrogens with zero attached hydrogens (tertiary/aromatic N) is 6. The van der Waals surface area contributed by atoms with E-state index in [1.165, 1.54) is 28.8 Å². The number of rotatable bonds is 7. The molecule has 1 aliphatic heterocycles. The molecule has 3 heterocycles. The molecule has 0 bridgehead atoms. The molecule has 38 heavy (non-hydrogen) atoms. The van der Waals surface area contributed by atoms with Gasteiger partial charge in [0.25, 0.3) is 0 Å². The fourth-order valence-corrected chi connectivity index (χ4v) is 5.83. The maximum atomic E-state index is 12.2. The number of hydrogen-bond donors (Lipinski definition) is 1. The molecule has 1 fully saturated rings. The van der Waals surface area contributed by atoms with E-state index >= 15 is 0 Å². The van der Waals surface area contributed by atoms with Gasteiger partial charge in [-0.15, -0.1) is 0 Å². The summed E-state index contributed by atoms with van der Waals surface area (Å²) in [5.74, 6) is 0.470. The Morgan fingerprint density at radius 2 is 1.47 bits per heavy atom. The van der Waals surface area contributed by atoms with Gasteiger partial charge in [0.1, 0.15) is 6.33 Å². The van der Waals surface area contributed by atoms with Gasteiger partial charge >= 0.3 is 5.69 Å². The summed E-state index contributed by atoms with van der Waals surface area (Å²) in [7, 11) is 0. The van der Waals surface area contributed by atoms with Crippen LogP contribution in [0.1, 0.15) is 17.2 Å². The normalized spacial score (nSPS) is 14.2. The third kappa shape index (κ3) is 4.79. The molecule has 9 nitrogen and oxygen atoms in total. The Kier molecular flexibility index (Phi) is 6.63. The van der Waals surface area contributed by atoms with Crippen molar-refractivity contribution in [2.24, 2.45) is 0 Å². The van der Waals surface area contributed by atoms with Crippen LogP contribution in [0.4, 0.5) is 22.5 Å². The molecule has 0 unspecified atom stereocenters. The minimum absolute atomic E-state index is 0.108. The second-order valence-corrected chi connectivity index (χ2v) is 10.0. The molecule has 190 valence electrons. The number of aromatic nitrogens is 3. The average molecular weight is 524 g/mol. The van der Waals surface area contributed by atoms with E-state index in [4.69, 9.17) is 0 Å². The molecule has 0 atom stereocenters. The van der Waals surface area contributed by atoms with Crippen molar-refractivity contribution in [1.82, 2.24) is 19.9 Å². The number of fused-ring (bicyclic) bond motifs is 1. The van der Waals surface area contributed by atoms with Crippen molar-refractivity contribution >= 4 is 44.0 Å². The van der Waals surface area contributed by atoms with E-state index in [2.05, 4.69) is 73.7 Å². The third-order valence-electron chi connectivity index (χ3n) is 6.71. The van der Waals surface area contributed by atoms with Gasteiger partial charge in [0, 0.05) is 26.2 Å². The molecule has 0 radical (unpaired) electrons. The van der Waals surface area contributed by atoms with E-state index in [0.29, 0.717) is 24.0 Å². The quantitative estimate of drug-likeness (QED) is 0.216. The number of para-hydroxylation sites is 1. The summed E-state index contributed by atoms with van der Waals surface area (Å²) >= 11 is 1.43. The molecule has 5 aromatic rings. The van der Waals surface area contributed by atoms with Crippen LogP contribution in [0.3, 0.4) is 0 Å². The van der Waals surface area contributed by atoms with Crippen LogP contribution in [-0.2, 0) is 0 Å².